The van der Waals surface area contributed by atoms with Crippen LogP contribution in [0.2, 0.25) is 0 Å². The van der Waals surface area contributed by atoms with Crippen molar-refractivity contribution in [3.8, 4) is 0 Å². The number of benzene rings is 1. The summed E-state index contributed by atoms with van der Waals surface area (Å²) in [6.45, 7) is 0. The van der Waals surface area contributed by atoms with Gasteiger partial charge in [0.25, 0.3) is 0 Å². The van der Waals surface area contributed by atoms with Crippen LogP contribution in [-0.2, 0) is 0 Å². The van der Waals surface area contributed by atoms with Crippen LogP contribution in [0.5, 0.6) is 0 Å². The van der Waals surface area contributed by atoms with Crippen molar-refractivity contribution in [3.63, 3.8) is 0 Å². The summed E-state index contributed by atoms with van der Waals surface area (Å²) < 4.78 is 49.8. The highest BCUT2D eigenvalue weighted by Crippen LogP contribution is 2.38. The van der Waals surface area contributed by atoms with Crippen molar-refractivity contribution in [2.24, 2.45) is 0 Å². The van der Waals surface area contributed by atoms with Gasteiger partial charge in [-0.25, -0.2) is 4.39 Å². The highest BCUT2D eigenvalue weighted by Gasteiger charge is 2.41. The molecule has 0 bridgehead atoms. The molecule has 1 nitrogen and oxygen atoms in total. The Morgan fingerprint density at radius 3 is 2.13 bits per heavy atom. The van der Waals surface area contributed by atoms with E-state index in [-0.39, 0.29) is 8.95 Å². The number of hydrogen-bond donors (Lipinski definition) is 1. The number of hydrogen-bond acceptors (Lipinski definition) is 1. The Bertz CT molecular complexity index is 354. The topological polar surface area (TPSA) is 20.2 Å². The van der Waals surface area contributed by atoms with Crippen molar-refractivity contribution < 1.29 is 22.7 Å². The molecule has 1 aromatic rings. The van der Waals surface area contributed by atoms with Crippen LogP contribution in [-0.4, -0.2) is 11.3 Å². The maximum Gasteiger partial charge on any atom is 0.418 e. The van der Waals surface area contributed by atoms with Crippen LogP contribution in [0.3, 0.4) is 0 Å². The summed E-state index contributed by atoms with van der Waals surface area (Å²) >= 11 is 5.67. The molecule has 0 saturated carbocycles. The van der Waals surface area contributed by atoms with E-state index in [1.165, 1.54) is 6.07 Å². The quantitative estimate of drug-likeness (QED) is 0.760. The van der Waals surface area contributed by atoms with Gasteiger partial charge in [-0.05, 0) is 12.1 Å². The van der Waals surface area contributed by atoms with Gasteiger partial charge in [-0.1, -0.05) is 31.9 Å². The zero-order valence-corrected chi connectivity index (χ0v) is 10.1. The molecule has 1 atom stereocenters. The van der Waals surface area contributed by atoms with E-state index in [1.54, 1.807) is 0 Å². The first-order valence-corrected chi connectivity index (χ1v) is 5.21. The van der Waals surface area contributed by atoms with Crippen molar-refractivity contribution in [1.82, 2.24) is 0 Å². The molecule has 0 saturated heterocycles. The fourth-order valence-electron chi connectivity index (χ4n) is 0.978. The average molecular weight is 352 g/mol. The fraction of sp³-hybridized carbons (Fsp3) is 0.250. The fourth-order valence-corrected chi connectivity index (χ4v) is 2.37. The van der Waals surface area contributed by atoms with Gasteiger partial charge in [-0.15, -0.1) is 0 Å². The molecule has 0 aromatic heterocycles. The van der Waals surface area contributed by atoms with Gasteiger partial charge in [-0.3, -0.25) is 0 Å². The minimum atomic E-state index is -4.89. The molecular formula is C8H4Br2F4O. The molecule has 1 unspecified atom stereocenters. The predicted octanol–water partition coefficient (Wildman–Crippen LogP) is 3.95. The lowest BCUT2D eigenvalue weighted by atomic mass is 10.1. The monoisotopic (exact) mass is 350 g/mol. The number of aliphatic hydroxyl groups is 1. The maximum atomic E-state index is 13.2. The van der Waals surface area contributed by atoms with E-state index < -0.39 is 23.7 Å². The highest BCUT2D eigenvalue weighted by atomic mass is 79.9. The molecule has 1 rings (SSSR count). The van der Waals surface area contributed by atoms with Gasteiger partial charge in [0, 0.05) is 14.5 Å². The third-order valence-corrected chi connectivity index (χ3v) is 2.74. The third-order valence-electron chi connectivity index (χ3n) is 1.63. The van der Waals surface area contributed by atoms with Gasteiger partial charge in [0.15, 0.2) is 6.10 Å². The van der Waals surface area contributed by atoms with E-state index in [1.807, 2.05) is 0 Å². The first-order valence-electron chi connectivity index (χ1n) is 3.62. The van der Waals surface area contributed by atoms with Crippen molar-refractivity contribution in [3.05, 3.63) is 32.5 Å². The minimum Gasteiger partial charge on any atom is -0.379 e. The molecule has 7 heteroatoms. The molecule has 0 spiro atoms. The molecule has 0 amide bonds. The first kappa shape index (κ1) is 12.9. The van der Waals surface area contributed by atoms with Gasteiger partial charge in [0.05, 0.1) is 0 Å². The average Bonchev–Trinajstić information content (AvgIpc) is 1.99. The van der Waals surface area contributed by atoms with Crippen LogP contribution in [0.1, 0.15) is 11.7 Å². The largest absolute Gasteiger partial charge is 0.418 e. The van der Waals surface area contributed by atoms with Crippen LogP contribution in [0.4, 0.5) is 17.6 Å². The van der Waals surface area contributed by atoms with Gasteiger partial charge in [0.1, 0.15) is 5.82 Å². The Hall–Kier alpha value is -0.140. The summed E-state index contributed by atoms with van der Waals surface area (Å²) in [5, 5.41) is 8.90. The van der Waals surface area contributed by atoms with Crippen LogP contribution in [0.25, 0.3) is 0 Å². The minimum absolute atomic E-state index is 0.140. The number of halogens is 6. The zero-order valence-electron chi connectivity index (χ0n) is 6.95. The van der Waals surface area contributed by atoms with E-state index in [2.05, 4.69) is 31.9 Å². The summed E-state index contributed by atoms with van der Waals surface area (Å²) in [6.07, 6.45) is -7.73. The lowest BCUT2D eigenvalue weighted by Gasteiger charge is -2.17. The molecular weight excluding hydrogens is 348 g/mol. The molecule has 1 aromatic carbocycles. The molecule has 84 valence electrons. The Balaban J connectivity index is 3.26. The second-order valence-electron chi connectivity index (χ2n) is 2.73. The molecule has 0 aliphatic rings. The summed E-state index contributed by atoms with van der Waals surface area (Å²) in [5.74, 6) is -1.12. The van der Waals surface area contributed by atoms with Crippen LogP contribution < -0.4 is 0 Å². The summed E-state index contributed by atoms with van der Waals surface area (Å²) in [5.41, 5.74) is -0.814. The lowest BCUT2D eigenvalue weighted by molar-refractivity contribution is -0.207. The second kappa shape index (κ2) is 4.39. The number of rotatable bonds is 1. The Morgan fingerprint density at radius 1 is 1.20 bits per heavy atom. The van der Waals surface area contributed by atoms with Crippen LogP contribution in [0, 0.1) is 5.82 Å². The van der Waals surface area contributed by atoms with E-state index >= 15 is 0 Å². The van der Waals surface area contributed by atoms with Crippen molar-refractivity contribution in [2.45, 2.75) is 12.3 Å². The summed E-state index contributed by atoms with van der Waals surface area (Å²) in [7, 11) is 0. The van der Waals surface area contributed by atoms with Gasteiger partial charge in [0.2, 0.25) is 0 Å². The molecule has 0 heterocycles. The van der Waals surface area contributed by atoms with E-state index in [0.717, 1.165) is 6.07 Å². The Morgan fingerprint density at radius 2 is 1.73 bits per heavy atom. The van der Waals surface area contributed by atoms with Gasteiger partial charge >= 0.3 is 6.18 Å². The lowest BCUT2D eigenvalue weighted by Crippen LogP contribution is -2.21. The van der Waals surface area contributed by atoms with Crippen molar-refractivity contribution >= 4 is 31.9 Å². The van der Waals surface area contributed by atoms with Gasteiger partial charge < -0.3 is 5.11 Å². The molecule has 0 fully saturated rings. The number of aliphatic hydroxyl groups excluding tert-OH is 1. The van der Waals surface area contributed by atoms with E-state index in [4.69, 9.17) is 5.11 Å². The highest BCUT2D eigenvalue weighted by molar-refractivity contribution is 9.11. The second-order valence-corrected chi connectivity index (χ2v) is 4.50. The first-order chi connectivity index (χ1) is 6.73. The van der Waals surface area contributed by atoms with Crippen LogP contribution in [0.15, 0.2) is 21.1 Å². The predicted molar refractivity (Wildman–Crippen MR) is 52.8 cm³/mol. The molecule has 0 aliphatic carbocycles. The van der Waals surface area contributed by atoms with Crippen molar-refractivity contribution in [2.75, 3.05) is 0 Å². The molecule has 15 heavy (non-hydrogen) atoms. The Labute approximate surface area is 99.4 Å². The van der Waals surface area contributed by atoms with E-state index in [9.17, 15) is 17.6 Å². The summed E-state index contributed by atoms with van der Waals surface area (Å²) in [6, 6.07) is 2.09. The molecule has 0 radical (unpaired) electrons. The van der Waals surface area contributed by atoms with E-state index in [0.29, 0.717) is 0 Å². The summed E-state index contributed by atoms with van der Waals surface area (Å²) in [4.78, 5) is 0. The molecule has 0 aliphatic heterocycles. The normalized spacial score (nSPS) is 14.1. The van der Waals surface area contributed by atoms with Crippen LogP contribution >= 0.6 is 31.9 Å². The smallest absolute Gasteiger partial charge is 0.379 e. The number of alkyl halides is 3. The standard InChI is InChI=1S/C8H4Br2F4O/c9-3-1-4(10)6(5(11)2-3)7(15)8(12,13)14/h1-2,7,15H. The van der Waals surface area contributed by atoms with Crippen molar-refractivity contribution in [1.29, 1.82) is 0 Å². The zero-order chi connectivity index (χ0) is 11.8. The van der Waals surface area contributed by atoms with Gasteiger partial charge in [-0.2, -0.15) is 13.2 Å². The SMILES string of the molecule is OC(c1c(F)cc(Br)cc1Br)C(F)(F)F. The maximum absolute atomic E-state index is 13.2. The molecule has 1 N–H and O–H groups in total. The third kappa shape index (κ3) is 2.92. The Kier molecular flexibility index (Phi) is 3.78.